The Morgan fingerprint density at radius 1 is 1.54 bits per heavy atom. The number of hydrogen-bond acceptors (Lipinski definition) is 3. The number of likely N-dealkylation sites (tertiary alicyclic amines) is 1. The predicted octanol–water partition coefficient (Wildman–Crippen LogP) is 1.03. The Balaban J connectivity index is 2.24. The summed E-state index contributed by atoms with van der Waals surface area (Å²) in [5, 5.41) is 0. The van der Waals surface area contributed by atoms with Crippen molar-refractivity contribution in [3.8, 4) is 0 Å². The maximum atomic E-state index is 11.7. The molecule has 2 fully saturated rings. The number of hydrogen-bond donors (Lipinski definition) is 0. The minimum atomic E-state index is -0.174. The molecule has 0 saturated carbocycles. The Hall–Kier alpha value is -0.570. The van der Waals surface area contributed by atoms with Crippen LogP contribution >= 0.6 is 0 Å². The van der Waals surface area contributed by atoms with Crippen molar-refractivity contribution in [2.24, 2.45) is 5.41 Å². The van der Waals surface area contributed by atoms with Crippen molar-refractivity contribution >= 4 is 5.97 Å². The zero-order chi connectivity index (χ0) is 9.47. The molecule has 2 atom stereocenters. The van der Waals surface area contributed by atoms with E-state index in [1.54, 1.807) is 0 Å². The maximum absolute atomic E-state index is 11.7. The van der Waals surface area contributed by atoms with Gasteiger partial charge in [0.15, 0.2) is 0 Å². The molecule has 74 valence electrons. The molecule has 2 heterocycles. The van der Waals surface area contributed by atoms with Crippen molar-refractivity contribution in [1.29, 1.82) is 0 Å². The number of nitrogens with zero attached hydrogens (tertiary/aromatic N) is 1. The van der Waals surface area contributed by atoms with E-state index in [-0.39, 0.29) is 11.4 Å². The fraction of sp³-hybridized carbons (Fsp3) is 0.900. The summed E-state index contributed by atoms with van der Waals surface area (Å²) in [5.74, 6) is 0.0338. The number of rotatable bonds is 0. The molecule has 0 bridgehead atoms. The summed E-state index contributed by atoms with van der Waals surface area (Å²) in [7, 11) is 2.09. The van der Waals surface area contributed by atoms with Crippen molar-refractivity contribution in [2.75, 3.05) is 20.2 Å². The third kappa shape index (κ3) is 1.17. The monoisotopic (exact) mass is 183 g/mol. The normalized spacial score (nSPS) is 41.1. The van der Waals surface area contributed by atoms with E-state index >= 15 is 0 Å². The van der Waals surface area contributed by atoms with Crippen molar-refractivity contribution in [3.63, 3.8) is 0 Å². The van der Waals surface area contributed by atoms with Crippen LogP contribution in [0.25, 0.3) is 0 Å². The van der Waals surface area contributed by atoms with Gasteiger partial charge < -0.3 is 9.64 Å². The van der Waals surface area contributed by atoms with Gasteiger partial charge in [0.25, 0.3) is 0 Å². The van der Waals surface area contributed by atoms with E-state index < -0.39 is 0 Å². The number of piperidine rings is 1. The molecule has 2 rings (SSSR count). The van der Waals surface area contributed by atoms with Gasteiger partial charge >= 0.3 is 5.97 Å². The lowest BCUT2D eigenvalue weighted by molar-refractivity contribution is -0.151. The fourth-order valence-electron chi connectivity index (χ4n) is 2.65. The van der Waals surface area contributed by atoms with E-state index in [9.17, 15) is 4.79 Å². The average molecular weight is 183 g/mol. The van der Waals surface area contributed by atoms with Gasteiger partial charge in [-0.2, -0.15) is 0 Å². The summed E-state index contributed by atoms with van der Waals surface area (Å²) in [6.45, 7) is 3.87. The molecule has 3 heteroatoms. The molecule has 0 aromatic heterocycles. The summed E-state index contributed by atoms with van der Waals surface area (Å²) in [6, 6.07) is 0.344. The van der Waals surface area contributed by atoms with E-state index in [4.69, 9.17) is 4.74 Å². The van der Waals surface area contributed by atoms with Crippen molar-refractivity contribution < 1.29 is 9.53 Å². The van der Waals surface area contributed by atoms with E-state index in [2.05, 4.69) is 18.9 Å². The van der Waals surface area contributed by atoms with Crippen molar-refractivity contribution in [1.82, 2.24) is 4.90 Å². The molecular formula is C10H17NO2. The van der Waals surface area contributed by atoms with Crippen LogP contribution in [0.2, 0.25) is 0 Å². The van der Waals surface area contributed by atoms with Crippen LogP contribution in [0.5, 0.6) is 0 Å². The Bertz CT molecular complexity index is 229. The van der Waals surface area contributed by atoms with Gasteiger partial charge in [-0.25, -0.2) is 0 Å². The van der Waals surface area contributed by atoms with Crippen molar-refractivity contribution in [2.45, 2.75) is 32.2 Å². The number of carbonyl (C=O) groups excluding carboxylic acids is 1. The van der Waals surface area contributed by atoms with Crippen LogP contribution in [0, 0.1) is 5.41 Å². The van der Waals surface area contributed by atoms with Gasteiger partial charge in [0.05, 0.1) is 12.0 Å². The van der Waals surface area contributed by atoms with Gasteiger partial charge in [-0.15, -0.1) is 0 Å². The molecule has 13 heavy (non-hydrogen) atoms. The summed E-state index contributed by atoms with van der Waals surface area (Å²) in [6.07, 6.45) is 3.05. The molecule has 0 aliphatic carbocycles. The predicted molar refractivity (Wildman–Crippen MR) is 49.3 cm³/mol. The molecule has 0 N–H and O–H groups in total. The van der Waals surface area contributed by atoms with Gasteiger partial charge in [0.2, 0.25) is 0 Å². The van der Waals surface area contributed by atoms with Gasteiger partial charge in [-0.3, -0.25) is 4.79 Å². The van der Waals surface area contributed by atoms with Gasteiger partial charge in [0, 0.05) is 6.04 Å². The van der Waals surface area contributed by atoms with Crippen LogP contribution < -0.4 is 0 Å². The first-order chi connectivity index (χ1) is 6.17. The van der Waals surface area contributed by atoms with Crippen LogP contribution in [0.1, 0.15) is 26.2 Å². The minimum Gasteiger partial charge on any atom is -0.465 e. The molecule has 1 spiro atoms. The van der Waals surface area contributed by atoms with Crippen LogP contribution in [0.15, 0.2) is 0 Å². The molecule has 3 nitrogen and oxygen atoms in total. The van der Waals surface area contributed by atoms with E-state index in [0.29, 0.717) is 12.6 Å². The minimum absolute atomic E-state index is 0.0338. The molecule has 2 saturated heterocycles. The first-order valence-electron chi connectivity index (χ1n) is 5.04. The third-order valence-corrected chi connectivity index (χ3v) is 3.78. The number of esters is 1. The quantitative estimate of drug-likeness (QED) is 0.525. The molecule has 2 aliphatic heterocycles. The molecule has 0 unspecified atom stereocenters. The van der Waals surface area contributed by atoms with Crippen LogP contribution in [-0.2, 0) is 9.53 Å². The Kier molecular flexibility index (Phi) is 2.06. The zero-order valence-electron chi connectivity index (χ0n) is 8.38. The highest BCUT2D eigenvalue weighted by Crippen LogP contribution is 2.42. The third-order valence-electron chi connectivity index (χ3n) is 3.78. The highest BCUT2D eigenvalue weighted by Gasteiger charge is 2.51. The topological polar surface area (TPSA) is 29.5 Å². The van der Waals surface area contributed by atoms with Crippen LogP contribution in [0.4, 0.5) is 0 Å². The summed E-state index contributed by atoms with van der Waals surface area (Å²) >= 11 is 0. The molecular weight excluding hydrogens is 166 g/mol. The Morgan fingerprint density at radius 3 is 2.92 bits per heavy atom. The fourth-order valence-corrected chi connectivity index (χ4v) is 2.65. The second-order valence-electron chi connectivity index (χ2n) is 4.30. The van der Waals surface area contributed by atoms with Crippen LogP contribution in [-0.4, -0.2) is 37.1 Å². The van der Waals surface area contributed by atoms with Gasteiger partial charge in [-0.1, -0.05) is 0 Å². The zero-order valence-corrected chi connectivity index (χ0v) is 8.38. The lowest BCUT2D eigenvalue weighted by atomic mass is 9.73. The lowest BCUT2D eigenvalue weighted by Crippen LogP contribution is -2.51. The van der Waals surface area contributed by atoms with Crippen molar-refractivity contribution in [3.05, 3.63) is 0 Å². The Morgan fingerprint density at radius 2 is 2.31 bits per heavy atom. The van der Waals surface area contributed by atoms with E-state index in [1.807, 2.05) is 0 Å². The number of carbonyl (C=O) groups is 1. The van der Waals surface area contributed by atoms with E-state index in [1.165, 1.54) is 0 Å². The van der Waals surface area contributed by atoms with Gasteiger partial charge in [-0.05, 0) is 39.8 Å². The molecule has 2 aliphatic rings. The van der Waals surface area contributed by atoms with Gasteiger partial charge in [0.1, 0.15) is 0 Å². The second kappa shape index (κ2) is 2.98. The highest BCUT2D eigenvalue weighted by molar-refractivity contribution is 5.79. The first-order valence-corrected chi connectivity index (χ1v) is 5.04. The average Bonchev–Trinajstić information content (AvgIpc) is 2.45. The summed E-state index contributed by atoms with van der Waals surface area (Å²) in [5.41, 5.74) is -0.174. The highest BCUT2D eigenvalue weighted by atomic mass is 16.5. The first kappa shape index (κ1) is 9.00. The second-order valence-corrected chi connectivity index (χ2v) is 4.30. The summed E-state index contributed by atoms with van der Waals surface area (Å²) < 4.78 is 5.10. The molecule has 0 aromatic rings. The SMILES string of the molecule is C[C@H]1N(C)CCC[C@]12CCOC2=O. The summed E-state index contributed by atoms with van der Waals surface area (Å²) in [4.78, 5) is 13.9. The molecule has 0 radical (unpaired) electrons. The Labute approximate surface area is 79.0 Å². The smallest absolute Gasteiger partial charge is 0.313 e. The van der Waals surface area contributed by atoms with Crippen LogP contribution in [0.3, 0.4) is 0 Å². The lowest BCUT2D eigenvalue weighted by Gasteiger charge is -2.42. The maximum Gasteiger partial charge on any atom is 0.313 e. The number of cyclic esters (lactones) is 1. The largest absolute Gasteiger partial charge is 0.465 e. The number of ether oxygens (including phenoxy) is 1. The molecule has 0 aromatic carbocycles. The van der Waals surface area contributed by atoms with E-state index in [0.717, 1.165) is 25.8 Å². The standard InChI is InChI=1S/C10H17NO2/c1-8-10(4-3-6-11(8)2)5-7-13-9(10)12/h8H,3-7H2,1-2H3/t8-,10+/m1/s1. The molecule has 0 amide bonds.